The number of fused-ring (bicyclic) bond motifs is 3. The number of hydrogen-bond donors (Lipinski definition) is 0. The third kappa shape index (κ3) is 3.35. The molecular weight excluding hydrogens is 372 g/mol. The Kier molecular flexibility index (Phi) is 4.75. The zero-order chi connectivity index (χ0) is 20.5. The van der Waals surface area contributed by atoms with E-state index in [0.717, 1.165) is 41.3 Å². The number of rotatable bonds is 5. The predicted molar refractivity (Wildman–Crippen MR) is 118 cm³/mol. The van der Waals surface area contributed by atoms with Crippen molar-refractivity contribution in [2.75, 3.05) is 7.11 Å². The predicted octanol–water partition coefficient (Wildman–Crippen LogP) is 5.53. The highest BCUT2D eigenvalue weighted by Gasteiger charge is 2.24. The third-order valence-electron chi connectivity index (χ3n) is 5.73. The molecule has 1 aliphatic rings. The van der Waals surface area contributed by atoms with Crippen molar-refractivity contribution >= 4 is 0 Å². The first kappa shape index (κ1) is 18.5. The zero-order valence-electron chi connectivity index (χ0n) is 17.3. The summed E-state index contributed by atoms with van der Waals surface area (Å²) in [7, 11) is 1.71. The molecule has 0 spiro atoms. The summed E-state index contributed by atoms with van der Waals surface area (Å²) in [5.74, 6) is 1.72. The summed E-state index contributed by atoms with van der Waals surface area (Å²) in [5, 5.41) is 4.88. The second-order valence-electron chi connectivity index (χ2n) is 7.62. The summed E-state index contributed by atoms with van der Waals surface area (Å²) < 4.78 is 13.5. The normalized spacial score (nSPS) is 12.2. The van der Waals surface area contributed by atoms with Gasteiger partial charge >= 0.3 is 0 Å². The van der Waals surface area contributed by atoms with Crippen LogP contribution in [0.2, 0.25) is 0 Å². The molecule has 0 N–H and O–H groups in total. The van der Waals surface area contributed by atoms with Crippen molar-refractivity contribution in [3.05, 3.63) is 95.2 Å². The monoisotopic (exact) mass is 396 g/mol. The topological polar surface area (TPSA) is 36.3 Å². The fourth-order valence-electron chi connectivity index (χ4n) is 4.13. The van der Waals surface area contributed by atoms with E-state index in [1.54, 1.807) is 7.11 Å². The smallest absolute Gasteiger partial charge is 0.119 e. The van der Waals surface area contributed by atoms with Crippen molar-refractivity contribution in [2.24, 2.45) is 0 Å². The molecule has 4 aromatic rings. The van der Waals surface area contributed by atoms with Crippen LogP contribution in [-0.2, 0) is 19.4 Å². The van der Waals surface area contributed by atoms with E-state index in [4.69, 9.17) is 14.6 Å². The average Bonchev–Trinajstić information content (AvgIpc) is 3.15. The molecule has 3 aromatic carbocycles. The molecule has 4 heteroatoms. The SMILES string of the molecule is COc1ccc2c(c1)-c1c(c(C)nn1-c1ccc(OCc3ccccc3)cc1)CC2. The van der Waals surface area contributed by atoms with E-state index in [9.17, 15) is 0 Å². The molecule has 30 heavy (non-hydrogen) atoms. The third-order valence-corrected chi connectivity index (χ3v) is 5.73. The van der Waals surface area contributed by atoms with Gasteiger partial charge in [0, 0.05) is 11.1 Å². The zero-order valence-corrected chi connectivity index (χ0v) is 17.3. The Labute approximate surface area is 176 Å². The second kappa shape index (κ2) is 7.71. The molecule has 0 bridgehead atoms. The summed E-state index contributed by atoms with van der Waals surface area (Å²) in [6.45, 7) is 2.65. The number of hydrogen-bond acceptors (Lipinski definition) is 3. The molecule has 1 aromatic heterocycles. The minimum absolute atomic E-state index is 0.559. The Morgan fingerprint density at radius 1 is 0.900 bits per heavy atom. The first-order valence-corrected chi connectivity index (χ1v) is 10.3. The van der Waals surface area contributed by atoms with E-state index in [-0.39, 0.29) is 0 Å². The van der Waals surface area contributed by atoms with E-state index >= 15 is 0 Å². The van der Waals surface area contributed by atoms with Crippen LogP contribution in [0.1, 0.15) is 22.4 Å². The van der Waals surface area contributed by atoms with Gasteiger partial charge in [-0.25, -0.2) is 4.68 Å². The number of ether oxygens (including phenoxy) is 2. The fraction of sp³-hybridized carbons (Fsp3) is 0.192. The number of benzene rings is 3. The lowest BCUT2D eigenvalue weighted by Crippen LogP contribution is -2.07. The van der Waals surface area contributed by atoms with E-state index < -0.39 is 0 Å². The number of aromatic nitrogens is 2. The maximum Gasteiger partial charge on any atom is 0.119 e. The number of methoxy groups -OCH3 is 1. The van der Waals surface area contributed by atoms with Gasteiger partial charge in [0.25, 0.3) is 0 Å². The summed E-state index contributed by atoms with van der Waals surface area (Å²) in [6.07, 6.45) is 2.05. The second-order valence-corrected chi connectivity index (χ2v) is 7.62. The molecule has 150 valence electrons. The molecule has 5 rings (SSSR count). The highest BCUT2D eigenvalue weighted by atomic mass is 16.5. The molecule has 0 saturated heterocycles. The summed E-state index contributed by atoms with van der Waals surface area (Å²) in [4.78, 5) is 0. The van der Waals surface area contributed by atoms with Gasteiger partial charge in [-0.05, 0) is 67.3 Å². The number of aryl methyl sites for hydroxylation is 2. The molecule has 0 aliphatic heterocycles. The highest BCUT2D eigenvalue weighted by molar-refractivity contribution is 5.74. The molecular formula is C26H24N2O2. The first-order valence-electron chi connectivity index (χ1n) is 10.3. The maximum atomic E-state index is 5.94. The molecule has 0 saturated carbocycles. The lowest BCUT2D eigenvalue weighted by molar-refractivity contribution is 0.306. The standard InChI is InChI=1S/C26H24N2O2/c1-18-24-15-9-20-8-12-23(29-2)16-25(20)26(24)28(27-18)21-10-13-22(14-11-21)30-17-19-6-4-3-5-7-19/h3-8,10-14,16H,9,15,17H2,1-2H3. The van der Waals surface area contributed by atoms with Crippen molar-refractivity contribution in [1.82, 2.24) is 9.78 Å². The Hall–Kier alpha value is -3.53. The van der Waals surface area contributed by atoms with Crippen molar-refractivity contribution < 1.29 is 9.47 Å². The van der Waals surface area contributed by atoms with Crippen LogP contribution in [0.3, 0.4) is 0 Å². The Bertz CT molecular complexity index is 1180. The first-order chi connectivity index (χ1) is 14.7. The van der Waals surface area contributed by atoms with Crippen LogP contribution in [0.5, 0.6) is 11.5 Å². The van der Waals surface area contributed by atoms with Gasteiger partial charge in [-0.2, -0.15) is 5.10 Å². The van der Waals surface area contributed by atoms with Crippen LogP contribution in [0.25, 0.3) is 16.9 Å². The van der Waals surface area contributed by atoms with Gasteiger partial charge in [0.2, 0.25) is 0 Å². The van der Waals surface area contributed by atoms with E-state index in [2.05, 4.69) is 48.0 Å². The van der Waals surface area contributed by atoms with Gasteiger partial charge in [-0.1, -0.05) is 36.4 Å². The highest BCUT2D eigenvalue weighted by Crippen LogP contribution is 2.38. The molecule has 0 fully saturated rings. The Morgan fingerprint density at radius 2 is 1.67 bits per heavy atom. The van der Waals surface area contributed by atoms with E-state index in [1.165, 1.54) is 22.4 Å². The lowest BCUT2D eigenvalue weighted by Gasteiger charge is -2.19. The van der Waals surface area contributed by atoms with Crippen LogP contribution < -0.4 is 9.47 Å². The van der Waals surface area contributed by atoms with Gasteiger partial charge in [-0.3, -0.25) is 0 Å². The Balaban J connectivity index is 1.47. The van der Waals surface area contributed by atoms with Gasteiger partial charge < -0.3 is 9.47 Å². The van der Waals surface area contributed by atoms with Gasteiger partial charge in [0.1, 0.15) is 18.1 Å². The molecule has 0 radical (unpaired) electrons. The van der Waals surface area contributed by atoms with Crippen LogP contribution in [0.15, 0.2) is 72.8 Å². The van der Waals surface area contributed by atoms with Crippen molar-refractivity contribution in [3.8, 4) is 28.4 Å². The minimum atomic E-state index is 0.559. The van der Waals surface area contributed by atoms with Gasteiger partial charge in [0.05, 0.1) is 24.2 Å². The van der Waals surface area contributed by atoms with Gasteiger partial charge in [-0.15, -0.1) is 0 Å². The molecule has 0 atom stereocenters. The Morgan fingerprint density at radius 3 is 2.43 bits per heavy atom. The van der Waals surface area contributed by atoms with E-state index in [0.29, 0.717) is 6.61 Å². The number of nitrogens with zero attached hydrogens (tertiary/aromatic N) is 2. The maximum absolute atomic E-state index is 5.94. The van der Waals surface area contributed by atoms with Crippen LogP contribution in [0, 0.1) is 6.92 Å². The summed E-state index contributed by atoms with van der Waals surface area (Å²) in [5.41, 5.74) is 8.31. The fourth-order valence-corrected chi connectivity index (χ4v) is 4.13. The molecule has 0 unspecified atom stereocenters. The average molecular weight is 396 g/mol. The summed E-state index contributed by atoms with van der Waals surface area (Å²) >= 11 is 0. The van der Waals surface area contributed by atoms with Crippen molar-refractivity contribution in [2.45, 2.75) is 26.4 Å². The quantitative estimate of drug-likeness (QED) is 0.445. The van der Waals surface area contributed by atoms with Crippen molar-refractivity contribution in [1.29, 1.82) is 0 Å². The van der Waals surface area contributed by atoms with Crippen LogP contribution in [0.4, 0.5) is 0 Å². The minimum Gasteiger partial charge on any atom is -0.497 e. The largest absolute Gasteiger partial charge is 0.497 e. The van der Waals surface area contributed by atoms with Crippen molar-refractivity contribution in [3.63, 3.8) is 0 Å². The summed E-state index contributed by atoms with van der Waals surface area (Å²) in [6, 6.07) is 24.7. The molecule has 1 aliphatic carbocycles. The molecule has 4 nitrogen and oxygen atoms in total. The van der Waals surface area contributed by atoms with Crippen LogP contribution in [-0.4, -0.2) is 16.9 Å². The van der Waals surface area contributed by atoms with Gasteiger partial charge in [0.15, 0.2) is 0 Å². The lowest BCUT2D eigenvalue weighted by atomic mass is 9.89. The van der Waals surface area contributed by atoms with Crippen LogP contribution >= 0.6 is 0 Å². The molecule has 0 amide bonds. The molecule has 1 heterocycles. The van der Waals surface area contributed by atoms with E-state index in [1.807, 2.05) is 36.4 Å².